The molecule has 0 saturated carbocycles. The van der Waals surface area contributed by atoms with Crippen LogP contribution in [-0.2, 0) is 9.53 Å². The zero-order valence-electron chi connectivity index (χ0n) is 10.9. The number of carbonyl (C=O) groups excluding carboxylic acids is 2. The standard InChI is InChI=1S/C13H14F2N2O3/c1-20-13(19)8-3-6-17(7-4-8)12(18)9-2-5-16-11(15)10(9)14/h2,5,8H,3-4,6-7H2,1H3. The number of piperidine rings is 1. The molecular formula is C13H14F2N2O3. The molecule has 7 heteroatoms. The Morgan fingerprint density at radius 1 is 1.35 bits per heavy atom. The van der Waals surface area contributed by atoms with E-state index in [-0.39, 0.29) is 17.5 Å². The summed E-state index contributed by atoms with van der Waals surface area (Å²) in [5.41, 5.74) is -0.339. The lowest BCUT2D eigenvalue weighted by Crippen LogP contribution is -2.40. The average molecular weight is 284 g/mol. The number of carbonyl (C=O) groups is 2. The number of rotatable bonds is 2. The third-order valence-electron chi connectivity index (χ3n) is 3.39. The van der Waals surface area contributed by atoms with Gasteiger partial charge in [-0.25, -0.2) is 9.37 Å². The second-order valence-corrected chi connectivity index (χ2v) is 4.55. The first-order valence-electron chi connectivity index (χ1n) is 6.21. The van der Waals surface area contributed by atoms with E-state index in [9.17, 15) is 18.4 Å². The first-order chi connectivity index (χ1) is 9.54. The fraction of sp³-hybridized carbons (Fsp3) is 0.462. The van der Waals surface area contributed by atoms with E-state index in [0.29, 0.717) is 25.9 Å². The van der Waals surface area contributed by atoms with Crippen molar-refractivity contribution in [3.63, 3.8) is 0 Å². The Morgan fingerprint density at radius 3 is 2.60 bits per heavy atom. The largest absolute Gasteiger partial charge is 0.469 e. The molecule has 2 rings (SSSR count). The maximum Gasteiger partial charge on any atom is 0.308 e. The molecule has 0 aliphatic carbocycles. The van der Waals surface area contributed by atoms with Gasteiger partial charge in [0.2, 0.25) is 5.95 Å². The molecular weight excluding hydrogens is 270 g/mol. The first kappa shape index (κ1) is 14.4. The van der Waals surface area contributed by atoms with Crippen LogP contribution in [0.3, 0.4) is 0 Å². The van der Waals surface area contributed by atoms with E-state index in [1.165, 1.54) is 12.0 Å². The van der Waals surface area contributed by atoms with Gasteiger partial charge in [-0.3, -0.25) is 9.59 Å². The van der Waals surface area contributed by atoms with Crippen LogP contribution in [0.4, 0.5) is 8.78 Å². The number of halogens is 2. The smallest absolute Gasteiger partial charge is 0.308 e. The molecule has 108 valence electrons. The van der Waals surface area contributed by atoms with Crippen molar-refractivity contribution in [2.24, 2.45) is 5.92 Å². The third-order valence-corrected chi connectivity index (χ3v) is 3.39. The van der Waals surface area contributed by atoms with Crippen molar-refractivity contribution in [2.45, 2.75) is 12.8 Å². The van der Waals surface area contributed by atoms with Crippen molar-refractivity contribution in [3.05, 3.63) is 29.6 Å². The molecule has 0 spiro atoms. The summed E-state index contributed by atoms with van der Waals surface area (Å²) in [7, 11) is 1.31. The topological polar surface area (TPSA) is 59.5 Å². The quantitative estimate of drug-likeness (QED) is 0.608. The predicted molar refractivity (Wildman–Crippen MR) is 64.8 cm³/mol. The minimum absolute atomic E-state index is 0.247. The summed E-state index contributed by atoms with van der Waals surface area (Å²) in [6.07, 6.45) is 1.95. The summed E-state index contributed by atoms with van der Waals surface area (Å²) in [4.78, 5) is 28.0. The second kappa shape index (κ2) is 5.94. The summed E-state index contributed by atoms with van der Waals surface area (Å²) >= 11 is 0. The molecule has 5 nitrogen and oxygen atoms in total. The molecule has 1 fully saturated rings. The number of amides is 1. The van der Waals surface area contributed by atoms with Gasteiger partial charge in [-0.2, -0.15) is 4.39 Å². The molecule has 2 heterocycles. The molecule has 0 N–H and O–H groups in total. The van der Waals surface area contributed by atoms with Gasteiger partial charge in [0.25, 0.3) is 5.91 Å². The lowest BCUT2D eigenvalue weighted by molar-refractivity contribution is -0.146. The molecule has 0 aromatic carbocycles. The van der Waals surface area contributed by atoms with Gasteiger partial charge >= 0.3 is 5.97 Å². The highest BCUT2D eigenvalue weighted by Crippen LogP contribution is 2.21. The van der Waals surface area contributed by atoms with Gasteiger partial charge in [0, 0.05) is 19.3 Å². The van der Waals surface area contributed by atoms with Gasteiger partial charge in [0.05, 0.1) is 18.6 Å². The van der Waals surface area contributed by atoms with Crippen LogP contribution in [0.5, 0.6) is 0 Å². The molecule has 1 aromatic rings. The van der Waals surface area contributed by atoms with E-state index >= 15 is 0 Å². The van der Waals surface area contributed by atoms with Crippen LogP contribution in [0.25, 0.3) is 0 Å². The predicted octanol–water partition coefficient (Wildman–Crippen LogP) is 1.39. The Bertz CT molecular complexity index is 528. The van der Waals surface area contributed by atoms with E-state index in [4.69, 9.17) is 0 Å². The summed E-state index contributed by atoms with van der Waals surface area (Å²) in [6.45, 7) is 0.615. The van der Waals surface area contributed by atoms with Crippen LogP contribution < -0.4 is 0 Å². The Kier molecular flexibility index (Phi) is 4.26. The van der Waals surface area contributed by atoms with Crippen molar-refractivity contribution in [2.75, 3.05) is 20.2 Å². The summed E-state index contributed by atoms with van der Waals surface area (Å²) < 4.78 is 31.2. The van der Waals surface area contributed by atoms with E-state index in [2.05, 4.69) is 9.72 Å². The molecule has 0 bridgehead atoms. The zero-order chi connectivity index (χ0) is 14.7. The van der Waals surface area contributed by atoms with Gasteiger partial charge in [0.15, 0.2) is 5.82 Å². The lowest BCUT2D eigenvalue weighted by Gasteiger charge is -2.30. The Hall–Kier alpha value is -2.05. The SMILES string of the molecule is COC(=O)C1CCN(C(=O)c2ccnc(F)c2F)CC1. The van der Waals surface area contributed by atoms with Crippen molar-refractivity contribution in [1.82, 2.24) is 9.88 Å². The minimum Gasteiger partial charge on any atom is -0.469 e. The highest BCUT2D eigenvalue weighted by molar-refractivity contribution is 5.94. The van der Waals surface area contributed by atoms with Crippen LogP contribution >= 0.6 is 0 Å². The fourth-order valence-corrected chi connectivity index (χ4v) is 2.24. The molecule has 0 radical (unpaired) electrons. The fourth-order valence-electron chi connectivity index (χ4n) is 2.24. The minimum atomic E-state index is -1.29. The van der Waals surface area contributed by atoms with Crippen molar-refractivity contribution >= 4 is 11.9 Å². The van der Waals surface area contributed by atoms with E-state index in [0.717, 1.165) is 12.3 Å². The Balaban J connectivity index is 2.05. The maximum absolute atomic E-state index is 13.5. The molecule has 20 heavy (non-hydrogen) atoms. The zero-order valence-corrected chi connectivity index (χ0v) is 10.9. The van der Waals surface area contributed by atoms with Crippen molar-refractivity contribution in [3.8, 4) is 0 Å². The number of aromatic nitrogens is 1. The lowest BCUT2D eigenvalue weighted by atomic mass is 9.96. The van der Waals surface area contributed by atoms with Crippen molar-refractivity contribution in [1.29, 1.82) is 0 Å². The molecule has 0 atom stereocenters. The Labute approximate surface area is 114 Å². The van der Waals surface area contributed by atoms with Crippen LogP contribution in [0.1, 0.15) is 23.2 Å². The number of hydrogen-bond acceptors (Lipinski definition) is 4. The number of likely N-dealkylation sites (tertiary alicyclic amines) is 1. The highest BCUT2D eigenvalue weighted by atomic mass is 19.2. The Morgan fingerprint density at radius 2 is 2.00 bits per heavy atom. The van der Waals surface area contributed by atoms with Gasteiger partial charge < -0.3 is 9.64 Å². The third kappa shape index (κ3) is 2.76. The monoisotopic (exact) mass is 284 g/mol. The van der Waals surface area contributed by atoms with Gasteiger partial charge in [-0.15, -0.1) is 0 Å². The normalized spacial score (nSPS) is 16.1. The number of ether oxygens (including phenoxy) is 1. The number of pyridine rings is 1. The molecule has 1 aliphatic heterocycles. The summed E-state index contributed by atoms with van der Waals surface area (Å²) in [6, 6.07) is 1.15. The van der Waals surface area contributed by atoms with Crippen LogP contribution in [-0.4, -0.2) is 42.0 Å². The molecule has 1 saturated heterocycles. The molecule has 1 aliphatic rings. The summed E-state index contributed by atoms with van der Waals surface area (Å²) in [5.74, 6) is -3.68. The number of esters is 1. The average Bonchev–Trinajstić information content (AvgIpc) is 2.48. The number of methoxy groups -OCH3 is 1. The van der Waals surface area contributed by atoms with Gasteiger partial charge in [-0.05, 0) is 18.9 Å². The second-order valence-electron chi connectivity index (χ2n) is 4.55. The highest BCUT2D eigenvalue weighted by Gasteiger charge is 2.29. The van der Waals surface area contributed by atoms with E-state index in [1.54, 1.807) is 0 Å². The van der Waals surface area contributed by atoms with Gasteiger partial charge in [0.1, 0.15) is 0 Å². The van der Waals surface area contributed by atoms with Crippen LogP contribution in [0.2, 0.25) is 0 Å². The molecule has 1 amide bonds. The van der Waals surface area contributed by atoms with Crippen LogP contribution in [0.15, 0.2) is 12.3 Å². The summed E-state index contributed by atoms with van der Waals surface area (Å²) in [5, 5.41) is 0. The maximum atomic E-state index is 13.5. The first-order valence-corrected chi connectivity index (χ1v) is 6.21. The number of hydrogen-bond donors (Lipinski definition) is 0. The van der Waals surface area contributed by atoms with Crippen molar-refractivity contribution < 1.29 is 23.1 Å². The molecule has 1 aromatic heterocycles. The number of nitrogens with zero attached hydrogens (tertiary/aromatic N) is 2. The van der Waals surface area contributed by atoms with Crippen LogP contribution in [0, 0.1) is 17.7 Å². The van der Waals surface area contributed by atoms with Gasteiger partial charge in [-0.1, -0.05) is 0 Å². The molecule has 0 unspecified atom stereocenters. The van der Waals surface area contributed by atoms with E-state index < -0.39 is 17.7 Å². The van der Waals surface area contributed by atoms with E-state index in [1.807, 2.05) is 0 Å².